The van der Waals surface area contributed by atoms with E-state index in [-0.39, 0.29) is 12.4 Å². The molecule has 5 atom stereocenters. The van der Waals surface area contributed by atoms with Gasteiger partial charge in [-0.3, -0.25) is 4.57 Å². The molecule has 30 heavy (non-hydrogen) atoms. The first-order valence-corrected chi connectivity index (χ1v) is 11.0. The van der Waals surface area contributed by atoms with Gasteiger partial charge < -0.3 is 34.7 Å². The van der Waals surface area contributed by atoms with Crippen LogP contribution in [0, 0.1) is 5.82 Å². The highest BCUT2D eigenvalue weighted by molar-refractivity contribution is 7.51. The molecule has 0 aliphatic carbocycles. The van der Waals surface area contributed by atoms with Crippen molar-refractivity contribution < 1.29 is 33.3 Å². The van der Waals surface area contributed by atoms with Gasteiger partial charge in [0.15, 0.2) is 6.23 Å². The molecule has 1 aliphatic heterocycles. The molecule has 1 aliphatic rings. The minimum Gasteiger partial charge on any atom is -0.387 e. The summed E-state index contributed by atoms with van der Waals surface area (Å²) in [5.74, 6) is -0.220. The van der Waals surface area contributed by atoms with Crippen molar-refractivity contribution in [3.05, 3.63) is 42.6 Å². The highest BCUT2D eigenvalue weighted by atomic mass is 31.2. The molecule has 1 fully saturated rings. The standard InChI is InChI=1S/C18H20FN4O6P/c1-30(26,27)28-7-12-14(24)15(25)18(29-12)23-6-11(9-2-4-10(19)5-3-9)13-16(20)21-8-22-17(13)23/h2-6,8,12,14-15,18,24-25H,7H2,1H3,(H,26,27)(H2,20,21,22). The van der Waals surface area contributed by atoms with Crippen molar-refractivity contribution in [1.82, 2.24) is 14.5 Å². The van der Waals surface area contributed by atoms with E-state index in [4.69, 9.17) is 15.0 Å². The maximum absolute atomic E-state index is 13.4. The van der Waals surface area contributed by atoms with Gasteiger partial charge in [-0.15, -0.1) is 0 Å². The number of rotatable bonds is 5. The van der Waals surface area contributed by atoms with Gasteiger partial charge in [0.05, 0.1) is 12.0 Å². The molecule has 0 spiro atoms. The number of nitrogens with two attached hydrogens (primary N) is 1. The van der Waals surface area contributed by atoms with E-state index >= 15 is 0 Å². The number of nitrogens with zero attached hydrogens (tertiary/aromatic N) is 3. The Hall–Kier alpha value is -2.40. The average Bonchev–Trinajstić information content (AvgIpc) is 3.20. The van der Waals surface area contributed by atoms with Crippen LogP contribution in [-0.2, 0) is 13.8 Å². The summed E-state index contributed by atoms with van der Waals surface area (Å²) in [4.78, 5) is 17.5. The molecule has 3 heterocycles. The van der Waals surface area contributed by atoms with Crippen LogP contribution in [0.5, 0.6) is 0 Å². The van der Waals surface area contributed by atoms with Crippen LogP contribution in [0.2, 0.25) is 0 Å². The number of ether oxygens (including phenoxy) is 1. The quantitative estimate of drug-likeness (QED) is 0.431. The Morgan fingerprint density at radius 2 is 1.97 bits per heavy atom. The molecule has 4 rings (SSSR count). The van der Waals surface area contributed by atoms with E-state index < -0.39 is 38.0 Å². The van der Waals surface area contributed by atoms with E-state index in [0.717, 1.165) is 6.66 Å². The lowest BCUT2D eigenvalue weighted by Crippen LogP contribution is -2.33. The topological polar surface area (TPSA) is 153 Å². The third-order valence-electron chi connectivity index (χ3n) is 4.88. The SMILES string of the molecule is CP(=O)(O)OCC1OC(n2cc(-c3ccc(F)cc3)c3c(N)ncnc32)C(O)C1O. The van der Waals surface area contributed by atoms with Crippen molar-refractivity contribution in [1.29, 1.82) is 0 Å². The van der Waals surface area contributed by atoms with Gasteiger partial charge >= 0.3 is 7.60 Å². The van der Waals surface area contributed by atoms with E-state index in [1.54, 1.807) is 18.3 Å². The highest BCUT2D eigenvalue weighted by Crippen LogP contribution is 2.41. The number of hydrogen-bond acceptors (Lipinski definition) is 8. The van der Waals surface area contributed by atoms with Crippen molar-refractivity contribution >= 4 is 24.4 Å². The van der Waals surface area contributed by atoms with Crippen LogP contribution in [0.3, 0.4) is 0 Å². The van der Waals surface area contributed by atoms with E-state index in [0.29, 0.717) is 22.2 Å². The fourth-order valence-electron chi connectivity index (χ4n) is 3.46. The smallest absolute Gasteiger partial charge is 0.325 e. The summed E-state index contributed by atoms with van der Waals surface area (Å²) in [7, 11) is -3.79. The number of aromatic nitrogens is 3. The van der Waals surface area contributed by atoms with Crippen molar-refractivity contribution in [3.63, 3.8) is 0 Å². The van der Waals surface area contributed by atoms with Crippen LogP contribution in [0.15, 0.2) is 36.8 Å². The number of benzene rings is 1. The van der Waals surface area contributed by atoms with Crippen molar-refractivity contribution in [2.75, 3.05) is 19.0 Å². The van der Waals surface area contributed by atoms with Gasteiger partial charge in [-0.2, -0.15) is 0 Å². The molecule has 1 aromatic carbocycles. The lowest BCUT2D eigenvalue weighted by atomic mass is 10.1. The monoisotopic (exact) mass is 438 g/mol. The first kappa shape index (κ1) is 20.9. The van der Waals surface area contributed by atoms with Gasteiger partial charge in [-0.05, 0) is 17.7 Å². The summed E-state index contributed by atoms with van der Waals surface area (Å²) >= 11 is 0. The molecule has 12 heteroatoms. The lowest BCUT2D eigenvalue weighted by Gasteiger charge is -2.17. The summed E-state index contributed by atoms with van der Waals surface area (Å²) < 4.78 is 36.8. The molecule has 1 saturated heterocycles. The van der Waals surface area contributed by atoms with Crippen LogP contribution in [0.4, 0.5) is 10.2 Å². The van der Waals surface area contributed by atoms with Gasteiger partial charge in [-0.25, -0.2) is 14.4 Å². The summed E-state index contributed by atoms with van der Waals surface area (Å²) in [6.45, 7) is 0.622. The molecule has 3 aromatic rings. The Morgan fingerprint density at radius 1 is 1.27 bits per heavy atom. The minimum atomic E-state index is -3.79. The van der Waals surface area contributed by atoms with Crippen LogP contribution >= 0.6 is 7.60 Å². The van der Waals surface area contributed by atoms with Gasteiger partial charge in [0, 0.05) is 18.4 Å². The summed E-state index contributed by atoms with van der Waals surface area (Å²) in [6.07, 6.45) is -2.00. The fraction of sp³-hybridized carbons (Fsp3) is 0.333. The maximum Gasteiger partial charge on any atom is 0.325 e. The number of aliphatic hydroxyl groups is 2. The van der Waals surface area contributed by atoms with E-state index in [1.807, 2.05) is 0 Å². The molecule has 160 valence electrons. The Balaban J connectivity index is 1.75. The third kappa shape index (κ3) is 3.83. The molecular weight excluding hydrogens is 418 g/mol. The Labute approximate surface area is 170 Å². The van der Waals surface area contributed by atoms with Crippen molar-refractivity contribution in [3.8, 4) is 11.1 Å². The first-order chi connectivity index (χ1) is 14.2. The summed E-state index contributed by atoms with van der Waals surface area (Å²) in [5.41, 5.74) is 7.61. The van der Waals surface area contributed by atoms with E-state index in [1.165, 1.54) is 23.0 Å². The second-order valence-corrected chi connectivity index (χ2v) is 8.92. The molecule has 0 amide bonds. The van der Waals surface area contributed by atoms with Crippen LogP contribution in [0.25, 0.3) is 22.2 Å². The third-order valence-corrected chi connectivity index (χ3v) is 5.51. The number of aliphatic hydroxyl groups excluding tert-OH is 2. The Morgan fingerprint density at radius 3 is 2.63 bits per heavy atom. The second-order valence-electron chi connectivity index (χ2n) is 7.06. The molecular formula is C18H20FN4O6P. The predicted octanol–water partition coefficient (Wildman–Crippen LogP) is 1.27. The predicted molar refractivity (Wildman–Crippen MR) is 105 cm³/mol. The largest absolute Gasteiger partial charge is 0.387 e. The summed E-state index contributed by atoms with van der Waals surface area (Å²) in [6, 6.07) is 5.74. The normalized spacial score (nSPS) is 26.2. The number of hydrogen-bond donors (Lipinski definition) is 4. The van der Waals surface area contributed by atoms with Crippen LogP contribution in [-0.4, -0.2) is 61.2 Å². The zero-order valence-corrected chi connectivity index (χ0v) is 16.7. The van der Waals surface area contributed by atoms with Gasteiger partial charge in [0.2, 0.25) is 0 Å². The van der Waals surface area contributed by atoms with E-state index in [2.05, 4.69) is 9.97 Å². The molecule has 10 nitrogen and oxygen atoms in total. The number of anilines is 1. The van der Waals surface area contributed by atoms with Gasteiger partial charge in [0.1, 0.15) is 41.9 Å². The van der Waals surface area contributed by atoms with Gasteiger partial charge in [0.25, 0.3) is 0 Å². The van der Waals surface area contributed by atoms with Crippen LogP contribution in [0.1, 0.15) is 6.23 Å². The molecule has 0 bridgehead atoms. The van der Waals surface area contributed by atoms with Crippen molar-refractivity contribution in [2.45, 2.75) is 24.5 Å². The second kappa shape index (κ2) is 7.69. The minimum absolute atomic E-state index is 0.179. The zero-order valence-electron chi connectivity index (χ0n) is 15.8. The van der Waals surface area contributed by atoms with Gasteiger partial charge in [-0.1, -0.05) is 12.1 Å². The number of nitrogen functional groups attached to an aromatic ring is 1. The highest BCUT2D eigenvalue weighted by Gasteiger charge is 2.45. The summed E-state index contributed by atoms with van der Waals surface area (Å²) in [5, 5.41) is 21.4. The molecule has 5 unspecified atom stereocenters. The van der Waals surface area contributed by atoms with Crippen LogP contribution < -0.4 is 5.73 Å². The lowest BCUT2D eigenvalue weighted by molar-refractivity contribution is -0.0480. The number of halogens is 1. The Kier molecular flexibility index (Phi) is 5.35. The molecule has 0 saturated carbocycles. The fourth-order valence-corrected chi connectivity index (χ4v) is 3.88. The van der Waals surface area contributed by atoms with E-state index in [9.17, 15) is 24.1 Å². The maximum atomic E-state index is 13.4. The molecule has 5 N–H and O–H groups in total. The molecule has 2 aromatic heterocycles. The first-order valence-electron chi connectivity index (χ1n) is 8.99. The average molecular weight is 438 g/mol. The molecule has 0 radical (unpaired) electrons. The zero-order chi connectivity index (χ0) is 21.6. The van der Waals surface area contributed by atoms with Crippen molar-refractivity contribution in [2.24, 2.45) is 0 Å². The Bertz CT molecular complexity index is 1120. The number of fused-ring (bicyclic) bond motifs is 1.